The Morgan fingerprint density at radius 2 is 1.56 bits per heavy atom. The van der Waals surface area contributed by atoms with Crippen molar-refractivity contribution >= 4 is 11.7 Å². The smallest absolute Gasteiger partial charge is 0.306 e. The molecule has 0 radical (unpaired) electrons. The first-order valence-electron chi connectivity index (χ1n) is 7.44. The Morgan fingerprint density at radius 1 is 1.00 bits per heavy atom. The van der Waals surface area contributed by atoms with E-state index < -0.39 is 17.8 Å². The van der Waals surface area contributed by atoms with Crippen molar-refractivity contribution in [1.29, 1.82) is 0 Å². The molecule has 0 bridgehead atoms. The molecule has 0 aliphatic heterocycles. The predicted octanol–water partition coefficient (Wildman–Crippen LogP) is 4.36. The second-order valence-electron chi connectivity index (χ2n) is 5.38. The minimum atomic E-state index is -4.64. The molecule has 1 N–H and O–H groups in total. The van der Waals surface area contributed by atoms with Gasteiger partial charge in [0.15, 0.2) is 5.69 Å². The summed E-state index contributed by atoms with van der Waals surface area (Å²) in [5, 5.41) is 6.13. The molecule has 0 aliphatic rings. The summed E-state index contributed by atoms with van der Waals surface area (Å²) in [6.45, 7) is 0. The predicted molar refractivity (Wildman–Crippen MR) is 88.0 cm³/mol. The summed E-state index contributed by atoms with van der Waals surface area (Å²) >= 11 is 0. The zero-order valence-electron chi connectivity index (χ0n) is 13.2. The molecule has 0 saturated carbocycles. The van der Waals surface area contributed by atoms with Gasteiger partial charge < -0.3 is 5.32 Å². The molecule has 2 aromatic carbocycles. The third-order valence-corrected chi connectivity index (χ3v) is 3.65. The Labute approximate surface area is 141 Å². The van der Waals surface area contributed by atoms with Crippen LogP contribution in [0.1, 0.15) is 16.1 Å². The molecule has 0 spiro atoms. The Balaban J connectivity index is 2.10. The number of rotatable bonds is 3. The molecular weight excluding hydrogens is 331 g/mol. The minimum absolute atomic E-state index is 0.00706. The monoisotopic (exact) mass is 345 g/mol. The SMILES string of the molecule is Cn1nc(C(F)(F)F)c(-c2ccccc2)c1NC(=O)c1ccccc1. The van der Waals surface area contributed by atoms with E-state index in [0.29, 0.717) is 11.1 Å². The van der Waals surface area contributed by atoms with Crippen LogP contribution in [0.25, 0.3) is 11.1 Å². The number of halogens is 3. The van der Waals surface area contributed by atoms with Gasteiger partial charge in [-0.25, -0.2) is 0 Å². The van der Waals surface area contributed by atoms with E-state index in [2.05, 4.69) is 10.4 Å². The highest BCUT2D eigenvalue weighted by Crippen LogP contribution is 2.40. The molecule has 128 valence electrons. The fourth-order valence-electron chi connectivity index (χ4n) is 2.51. The van der Waals surface area contributed by atoms with E-state index in [1.807, 2.05) is 0 Å². The average Bonchev–Trinajstić information content (AvgIpc) is 2.93. The van der Waals surface area contributed by atoms with E-state index in [0.717, 1.165) is 4.68 Å². The van der Waals surface area contributed by atoms with Gasteiger partial charge >= 0.3 is 6.18 Å². The van der Waals surface area contributed by atoms with Crippen LogP contribution in [0.4, 0.5) is 19.0 Å². The highest BCUT2D eigenvalue weighted by atomic mass is 19.4. The highest BCUT2D eigenvalue weighted by molar-refractivity contribution is 6.05. The maximum absolute atomic E-state index is 13.4. The summed E-state index contributed by atoms with van der Waals surface area (Å²) in [4.78, 5) is 12.4. The van der Waals surface area contributed by atoms with Gasteiger partial charge in [0.1, 0.15) is 5.82 Å². The van der Waals surface area contributed by atoms with Crippen LogP contribution in [0.3, 0.4) is 0 Å². The van der Waals surface area contributed by atoms with Crippen molar-refractivity contribution in [1.82, 2.24) is 9.78 Å². The van der Waals surface area contributed by atoms with Gasteiger partial charge in [-0.3, -0.25) is 9.48 Å². The van der Waals surface area contributed by atoms with Gasteiger partial charge in [0.25, 0.3) is 5.91 Å². The molecule has 3 aromatic rings. The van der Waals surface area contributed by atoms with Crippen molar-refractivity contribution < 1.29 is 18.0 Å². The Kier molecular flexibility index (Phi) is 4.31. The van der Waals surface area contributed by atoms with E-state index >= 15 is 0 Å². The zero-order valence-corrected chi connectivity index (χ0v) is 13.2. The third kappa shape index (κ3) is 3.40. The number of carbonyl (C=O) groups excluding carboxylic acids is 1. The van der Waals surface area contributed by atoms with Crippen molar-refractivity contribution in [3.63, 3.8) is 0 Å². The van der Waals surface area contributed by atoms with Crippen LogP contribution in [-0.4, -0.2) is 15.7 Å². The first kappa shape index (κ1) is 16.8. The number of benzene rings is 2. The van der Waals surface area contributed by atoms with Crippen LogP contribution >= 0.6 is 0 Å². The quantitative estimate of drug-likeness (QED) is 0.767. The number of aryl methyl sites for hydroxylation is 1. The van der Waals surface area contributed by atoms with Crippen molar-refractivity contribution in [3.8, 4) is 11.1 Å². The van der Waals surface area contributed by atoms with Gasteiger partial charge in [-0.15, -0.1) is 0 Å². The maximum atomic E-state index is 13.4. The minimum Gasteiger partial charge on any atom is -0.306 e. The molecule has 1 heterocycles. The van der Waals surface area contributed by atoms with Crippen LogP contribution in [-0.2, 0) is 13.2 Å². The van der Waals surface area contributed by atoms with Crippen LogP contribution in [0, 0.1) is 0 Å². The van der Waals surface area contributed by atoms with Crippen LogP contribution < -0.4 is 5.32 Å². The third-order valence-electron chi connectivity index (χ3n) is 3.65. The molecule has 0 saturated heterocycles. The standard InChI is InChI=1S/C18H14F3N3O/c1-24-16(22-17(25)13-10-6-3-7-11-13)14(12-8-4-2-5-9-12)15(23-24)18(19,20)21/h2-11H,1H3,(H,22,25). The van der Waals surface area contributed by atoms with Crippen LogP contribution in [0.15, 0.2) is 60.7 Å². The van der Waals surface area contributed by atoms with E-state index in [-0.39, 0.29) is 11.4 Å². The highest BCUT2D eigenvalue weighted by Gasteiger charge is 2.39. The number of carbonyl (C=O) groups is 1. The first-order chi connectivity index (χ1) is 11.9. The van der Waals surface area contributed by atoms with E-state index in [1.54, 1.807) is 60.7 Å². The maximum Gasteiger partial charge on any atom is 0.435 e. The topological polar surface area (TPSA) is 46.9 Å². The van der Waals surface area contributed by atoms with Crippen molar-refractivity contribution in [2.75, 3.05) is 5.32 Å². The number of anilines is 1. The average molecular weight is 345 g/mol. The van der Waals surface area contributed by atoms with Gasteiger partial charge in [0, 0.05) is 12.6 Å². The Bertz CT molecular complexity index is 887. The second-order valence-corrected chi connectivity index (χ2v) is 5.38. The molecule has 0 atom stereocenters. The van der Waals surface area contributed by atoms with Crippen LogP contribution in [0.5, 0.6) is 0 Å². The lowest BCUT2D eigenvalue weighted by molar-refractivity contribution is -0.140. The van der Waals surface area contributed by atoms with Gasteiger partial charge in [-0.2, -0.15) is 18.3 Å². The van der Waals surface area contributed by atoms with Crippen LogP contribution in [0.2, 0.25) is 0 Å². The fourth-order valence-corrected chi connectivity index (χ4v) is 2.51. The van der Waals surface area contributed by atoms with Gasteiger partial charge in [0.2, 0.25) is 0 Å². The van der Waals surface area contributed by atoms with Gasteiger partial charge in [0.05, 0.1) is 5.56 Å². The molecule has 3 rings (SSSR count). The van der Waals surface area contributed by atoms with Crippen molar-refractivity contribution in [2.24, 2.45) is 7.05 Å². The molecule has 25 heavy (non-hydrogen) atoms. The number of amides is 1. The summed E-state index contributed by atoms with van der Waals surface area (Å²) in [6.07, 6.45) is -4.64. The molecule has 1 amide bonds. The number of alkyl halides is 3. The summed E-state index contributed by atoms with van der Waals surface area (Å²) in [6, 6.07) is 16.3. The lowest BCUT2D eigenvalue weighted by atomic mass is 10.0. The normalized spacial score (nSPS) is 11.4. The fraction of sp³-hybridized carbons (Fsp3) is 0.111. The molecule has 0 fully saturated rings. The Hall–Kier alpha value is -3.09. The second kappa shape index (κ2) is 6.43. The lowest BCUT2D eigenvalue weighted by Gasteiger charge is -2.10. The summed E-state index contributed by atoms with van der Waals surface area (Å²) in [7, 11) is 1.36. The molecule has 1 aromatic heterocycles. The number of nitrogens with one attached hydrogen (secondary N) is 1. The largest absolute Gasteiger partial charge is 0.435 e. The number of aromatic nitrogens is 2. The van der Waals surface area contributed by atoms with Crippen molar-refractivity contribution in [2.45, 2.75) is 6.18 Å². The molecule has 0 aliphatic carbocycles. The summed E-state index contributed by atoms with van der Waals surface area (Å²) in [5.41, 5.74) is -0.521. The lowest BCUT2D eigenvalue weighted by Crippen LogP contribution is -2.15. The summed E-state index contributed by atoms with van der Waals surface area (Å²) < 4.78 is 41.2. The van der Waals surface area contributed by atoms with E-state index in [4.69, 9.17) is 0 Å². The zero-order chi connectivity index (χ0) is 18.0. The molecule has 7 heteroatoms. The Morgan fingerprint density at radius 3 is 2.12 bits per heavy atom. The molecular formula is C18H14F3N3O. The number of hydrogen-bond donors (Lipinski definition) is 1. The van der Waals surface area contributed by atoms with Gasteiger partial charge in [-0.1, -0.05) is 48.5 Å². The first-order valence-corrected chi connectivity index (χ1v) is 7.44. The molecule has 0 unspecified atom stereocenters. The summed E-state index contributed by atoms with van der Waals surface area (Å²) in [5.74, 6) is -0.512. The number of hydrogen-bond acceptors (Lipinski definition) is 2. The van der Waals surface area contributed by atoms with E-state index in [1.165, 1.54) is 7.05 Å². The van der Waals surface area contributed by atoms with Gasteiger partial charge in [-0.05, 0) is 17.7 Å². The van der Waals surface area contributed by atoms with Crippen molar-refractivity contribution in [3.05, 3.63) is 71.9 Å². The van der Waals surface area contributed by atoms with E-state index in [9.17, 15) is 18.0 Å². The number of nitrogens with zero attached hydrogens (tertiary/aromatic N) is 2. The molecule has 4 nitrogen and oxygen atoms in total.